The molecule has 0 aliphatic rings. The highest BCUT2D eigenvalue weighted by atomic mass is 16.5. The van der Waals surface area contributed by atoms with Gasteiger partial charge in [-0.05, 0) is 37.9 Å². The molecule has 2 unspecified atom stereocenters. The summed E-state index contributed by atoms with van der Waals surface area (Å²) in [4.78, 5) is 40.5. The minimum atomic E-state index is -1.17. The molecule has 0 aliphatic carbocycles. The standard InChI is InChI=1S/C8H8O3.C6H14N2O2.C5H9NO4/c1-11-7-5-3-2-4-6(7)8(9)10;7-4-2-1-3-5(8)6(9)10;6-3(5(9)10)1-2-4(7)8/h2-5H,1H3,(H,9,10);5H,1-4,7-8H2,(H,9,10);3H,1-2,6H2,(H,7,8)(H,9,10). The maximum atomic E-state index is 10.5. The average molecular weight is 445 g/mol. The third-order valence-electron chi connectivity index (χ3n) is 3.61. The van der Waals surface area contributed by atoms with Gasteiger partial charge in [0.2, 0.25) is 0 Å². The van der Waals surface area contributed by atoms with Crippen molar-refractivity contribution in [3.63, 3.8) is 0 Å². The molecule has 0 heterocycles. The summed E-state index contributed by atoms with van der Waals surface area (Å²) in [5, 5.41) is 33.2. The molecule has 0 radical (unpaired) electrons. The van der Waals surface area contributed by atoms with Gasteiger partial charge in [0.1, 0.15) is 23.4 Å². The second kappa shape index (κ2) is 17.6. The van der Waals surface area contributed by atoms with Crippen LogP contribution in [0.4, 0.5) is 0 Å². The van der Waals surface area contributed by atoms with Crippen LogP contribution in [-0.4, -0.2) is 70.0 Å². The van der Waals surface area contributed by atoms with E-state index in [9.17, 15) is 19.2 Å². The summed E-state index contributed by atoms with van der Waals surface area (Å²) >= 11 is 0. The molecule has 31 heavy (non-hydrogen) atoms. The number of hydrogen-bond acceptors (Lipinski definition) is 8. The third-order valence-corrected chi connectivity index (χ3v) is 3.61. The van der Waals surface area contributed by atoms with E-state index in [0.29, 0.717) is 18.7 Å². The van der Waals surface area contributed by atoms with Crippen LogP contribution in [0.2, 0.25) is 0 Å². The Morgan fingerprint density at radius 1 is 0.903 bits per heavy atom. The number of methoxy groups -OCH3 is 1. The van der Waals surface area contributed by atoms with Crippen molar-refractivity contribution in [3.05, 3.63) is 29.8 Å². The third kappa shape index (κ3) is 16.3. The number of carboxylic acid groups (broad SMARTS) is 4. The van der Waals surface area contributed by atoms with E-state index >= 15 is 0 Å². The summed E-state index contributed by atoms with van der Waals surface area (Å²) in [6, 6.07) is 4.73. The van der Waals surface area contributed by atoms with Crippen molar-refractivity contribution in [2.24, 2.45) is 17.2 Å². The predicted octanol–water partition coefficient (Wildman–Crippen LogP) is 0.184. The van der Waals surface area contributed by atoms with Gasteiger partial charge >= 0.3 is 23.9 Å². The zero-order valence-corrected chi connectivity index (χ0v) is 17.3. The average Bonchev–Trinajstić information content (AvgIpc) is 2.72. The molecule has 12 nitrogen and oxygen atoms in total. The van der Waals surface area contributed by atoms with Crippen molar-refractivity contribution in [2.75, 3.05) is 13.7 Å². The maximum absolute atomic E-state index is 10.5. The van der Waals surface area contributed by atoms with Gasteiger partial charge in [-0.2, -0.15) is 0 Å². The van der Waals surface area contributed by atoms with Crippen LogP contribution < -0.4 is 21.9 Å². The summed E-state index contributed by atoms with van der Waals surface area (Å²) in [5.41, 5.74) is 15.6. The summed E-state index contributed by atoms with van der Waals surface area (Å²) in [6.45, 7) is 0.604. The normalized spacial score (nSPS) is 11.5. The Labute approximate surface area is 179 Å². The van der Waals surface area contributed by atoms with Gasteiger partial charge in [0.25, 0.3) is 0 Å². The highest BCUT2D eigenvalue weighted by molar-refractivity contribution is 5.90. The lowest BCUT2D eigenvalue weighted by molar-refractivity contribution is -0.140. The van der Waals surface area contributed by atoms with Crippen LogP contribution in [0.25, 0.3) is 0 Å². The van der Waals surface area contributed by atoms with Gasteiger partial charge in [0.15, 0.2) is 0 Å². The van der Waals surface area contributed by atoms with Crippen molar-refractivity contribution < 1.29 is 44.3 Å². The fraction of sp³-hybridized carbons (Fsp3) is 0.474. The van der Waals surface area contributed by atoms with E-state index in [1.807, 2.05) is 0 Å². The summed E-state index contributed by atoms with van der Waals surface area (Å²) in [5.74, 6) is -3.71. The quantitative estimate of drug-likeness (QED) is 0.226. The lowest BCUT2D eigenvalue weighted by Gasteiger charge is -2.03. The molecular formula is C19H31N3O9. The van der Waals surface area contributed by atoms with E-state index in [-0.39, 0.29) is 18.4 Å². The van der Waals surface area contributed by atoms with E-state index in [2.05, 4.69) is 0 Å². The van der Waals surface area contributed by atoms with Gasteiger partial charge in [0.05, 0.1) is 7.11 Å². The zero-order valence-electron chi connectivity index (χ0n) is 17.3. The number of para-hydroxylation sites is 1. The van der Waals surface area contributed by atoms with Crippen molar-refractivity contribution in [1.29, 1.82) is 0 Å². The van der Waals surface area contributed by atoms with Crippen LogP contribution in [0.1, 0.15) is 42.5 Å². The number of carbonyl (C=O) groups is 4. The van der Waals surface area contributed by atoms with E-state index in [4.69, 9.17) is 42.4 Å². The first-order valence-electron chi connectivity index (χ1n) is 9.22. The molecule has 0 bridgehead atoms. The molecule has 0 saturated carbocycles. The fourth-order valence-electron chi connectivity index (χ4n) is 1.86. The molecule has 1 rings (SSSR count). The Morgan fingerprint density at radius 3 is 1.81 bits per heavy atom. The van der Waals surface area contributed by atoms with Crippen LogP contribution in [0.3, 0.4) is 0 Å². The zero-order chi connectivity index (χ0) is 24.4. The highest BCUT2D eigenvalue weighted by Crippen LogP contribution is 2.16. The minimum absolute atomic E-state index is 0.0231. The SMILES string of the molecule is COc1ccccc1C(=O)O.NC(CCC(=O)O)C(=O)O.NCCCCC(N)C(=O)O. The molecule has 0 saturated heterocycles. The number of nitrogens with two attached hydrogens (primary N) is 3. The first kappa shape index (κ1) is 30.0. The van der Waals surface area contributed by atoms with Gasteiger partial charge in [0, 0.05) is 6.42 Å². The van der Waals surface area contributed by atoms with E-state index < -0.39 is 36.0 Å². The van der Waals surface area contributed by atoms with E-state index in [1.54, 1.807) is 18.2 Å². The van der Waals surface area contributed by atoms with Crippen LogP contribution in [-0.2, 0) is 14.4 Å². The molecule has 12 heteroatoms. The van der Waals surface area contributed by atoms with Gasteiger partial charge in [-0.1, -0.05) is 18.6 Å². The Bertz CT molecular complexity index is 698. The Hall–Kier alpha value is -3.22. The van der Waals surface area contributed by atoms with Crippen LogP contribution in [0.5, 0.6) is 5.75 Å². The number of ether oxygens (including phenoxy) is 1. The minimum Gasteiger partial charge on any atom is -0.496 e. The smallest absolute Gasteiger partial charge is 0.339 e. The van der Waals surface area contributed by atoms with Gasteiger partial charge < -0.3 is 42.4 Å². The topological polar surface area (TPSA) is 236 Å². The number of aliphatic carboxylic acids is 3. The molecule has 0 aromatic heterocycles. The second-order valence-electron chi connectivity index (χ2n) is 6.11. The van der Waals surface area contributed by atoms with Gasteiger partial charge in [-0.3, -0.25) is 14.4 Å². The van der Waals surface area contributed by atoms with Crippen molar-refractivity contribution in [2.45, 2.75) is 44.2 Å². The van der Waals surface area contributed by atoms with Crippen LogP contribution in [0.15, 0.2) is 24.3 Å². The second-order valence-corrected chi connectivity index (χ2v) is 6.11. The maximum Gasteiger partial charge on any atom is 0.339 e. The largest absolute Gasteiger partial charge is 0.496 e. The molecular weight excluding hydrogens is 414 g/mol. The Morgan fingerprint density at radius 2 is 1.42 bits per heavy atom. The monoisotopic (exact) mass is 445 g/mol. The molecule has 176 valence electrons. The molecule has 2 atom stereocenters. The first-order valence-corrected chi connectivity index (χ1v) is 9.22. The number of benzene rings is 1. The Balaban J connectivity index is 0. The highest BCUT2D eigenvalue weighted by Gasteiger charge is 2.12. The van der Waals surface area contributed by atoms with Crippen LogP contribution >= 0.6 is 0 Å². The molecule has 0 aliphatic heterocycles. The van der Waals surface area contributed by atoms with Crippen LogP contribution in [0, 0.1) is 0 Å². The number of hydrogen-bond donors (Lipinski definition) is 7. The number of carboxylic acids is 4. The van der Waals surface area contributed by atoms with Gasteiger partial charge in [-0.25, -0.2) is 4.79 Å². The Kier molecular flexibility index (Phi) is 17.0. The molecule has 1 aromatic rings. The number of rotatable bonds is 11. The fourth-order valence-corrected chi connectivity index (χ4v) is 1.86. The van der Waals surface area contributed by atoms with E-state index in [0.717, 1.165) is 12.8 Å². The predicted molar refractivity (Wildman–Crippen MR) is 111 cm³/mol. The molecule has 10 N–H and O–H groups in total. The van der Waals surface area contributed by atoms with Gasteiger partial charge in [-0.15, -0.1) is 0 Å². The first-order chi connectivity index (χ1) is 14.5. The molecule has 0 spiro atoms. The van der Waals surface area contributed by atoms with Crippen molar-refractivity contribution in [1.82, 2.24) is 0 Å². The van der Waals surface area contributed by atoms with Crippen molar-refractivity contribution in [3.8, 4) is 5.75 Å². The van der Waals surface area contributed by atoms with Crippen molar-refractivity contribution >= 4 is 23.9 Å². The molecule has 1 aromatic carbocycles. The molecule has 0 fully saturated rings. The lowest BCUT2D eigenvalue weighted by Crippen LogP contribution is -2.30. The molecule has 0 amide bonds. The summed E-state index contributed by atoms with van der Waals surface area (Å²) in [7, 11) is 1.45. The lowest BCUT2D eigenvalue weighted by atomic mass is 10.1. The summed E-state index contributed by atoms with van der Waals surface area (Å²) in [6.07, 6.45) is 1.94. The number of unbranched alkanes of at least 4 members (excludes halogenated alkanes) is 1. The number of aromatic carboxylic acids is 1. The van der Waals surface area contributed by atoms with E-state index in [1.165, 1.54) is 13.2 Å². The summed E-state index contributed by atoms with van der Waals surface area (Å²) < 4.78 is 4.83.